The molecular formula is C22H21NO2S. The zero-order valence-corrected chi connectivity index (χ0v) is 15.6. The Balaban J connectivity index is 1.62. The smallest absolute Gasteiger partial charge is 0.337 e. The minimum atomic E-state index is -0.311. The molecule has 1 saturated carbocycles. The van der Waals surface area contributed by atoms with Gasteiger partial charge in [0.1, 0.15) is 0 Å². The molecule has 0 amide bonds. The molecule has 0 saturated heterocycles. The summed E-state index contributed by atoms with van der Waals surface area (Å²) in [5, 5.41) is 3.93. The van der Waals surface area contributed by atoms with E-state index < -0.39 is 0 Å². The first kappa shape index (κ1) is 17.1. The first-order chi connectivity index (χ1) is 12.7. The fraction of sp³-hybridized carbons (Fsp3) is 0.273. The number of ether oxygens (including phenoxy) is 1. The largest absolute Gasteiger partial charge is 0.465 e. The predicted octanol–water partition coefficient (Wildman–Crippen LogP) is 5.72. The van der Waals surface area contributed by atoms with Crippen molar-refractivity contribution in [1.29, 1.82) is 0 Å². The van der Waals surface area contributed by atoms with E-state index in [0.29, 0.717) is 10.8 Å². The number of hydrogen-bond donors (Lipinski definition) is 0. The van der Waals surface area contributed by atoms with E-state index in [1.165, 1.54) is 32.8 Å². The van der Waals surface area contributed by atoms with Crippen molar-refractivity contribution in [2.24, 2.45) is 0 Å². The molecule has 3 nitrogen and oxygen atoms in total. The maximum absolute atomic E-state index is 11.7. The summed E-state index contributed by atoms with van der Waals surface area (Å²) in [5.74, 6) is -0.311. The van der Waals surface area contributed by atoms with E-state index in [0.717, 1.165) is 27.1 Å². The van der Waals surface area contributed by atoms with Crippen LogP contribution in [0.25, 0.3) is 22.0 Å². The van der Waals surface area contributed by atoms with E-state index in [1.54, 1.807) is 6.07 Å². The Morgan fingerprint density at radius 2 is 1.81 bits per heavy atom. The van der Waals surface area contributed by atoms with Crippen molar-refractivity contribution < 1.29 is 9.53 Å². The van der Waals surface area contributed by atoms with Crippen molar-refractivity contribution in [3.8, 4) is 11.3 Å². The molecule has 4 heteroatoms. The average Bonchev–Trinajstić information content (AvgIpc) is 3.19. The SMILES string of the molecule is COC(=O)c1ccc2cc(-c3cccc(SC4CCCC4)n3)ccc2c1. The first-order valence-corrected chi connectivity index (χ1v) is 9.87. The number of fused-ring (bicyclic) bond motifs is 1. The molecule has 0 unspecified atom stereocenters. The minimum Gasteiger partial charge on any atom is -0.465 e. The molecule has 1 fully saturated rings. The van der Waals surface area contributed by atoms with Gasteiger partial charge < -0.3 is 4.74 Å². The fourth-order valence-corrected chi connectivity index (χ4v) is 4.69. The zero-order valence-electron chi connectivity index (χ0n) is 14.8. The first-order valence-electron chi connectivity index (χ1n) is 8.99. The van der Waals surface area contributed by atoms with Crippen molar-refractivity contribution in [1.82, 2.24) is 4.98 Å². The average molecular weight is 363 g/mol. The summed E-state index contributed by atoms with van der Waals surface area (Å²) >= 11 is 1.91. The van der Waals surface area contributed by atoms with Crippen molar-refractivity contribution in [3.05, 3.63) is 60.2 Å². The summed E-state index contributed by atoms with van der Waals surface area (Å²) in [7, 11) is 1.40. The van der Waals surface area contributed by atoms with E-state index in [1.807, 2.05) is 30.0 Å². The highest BCUT2D eigenvalue weighted by Crippen LogP contribution is 2.34. The van der Waals surface area contributed by atoms with Gasteiger partial charge in [-0.05, 0) is 53.9 Å². The van der Waals surface area contributed by atoms with Crippen molar-refractivity contribution in [3.63, 3.8) is 0 Å². The second-order valence-electron chi connectivity index (χ2n) is 6.65. The number of pyridine rings is 1. The number of carbonyl (C=O) groups is 1. The number of hydrogen-bond acceptors (Lipinski definition) is 4. The fourth-order valence-electron chi connectivity index (χ4n) is 3.47. The lowest BCUT2D eigenvalue weighted by atomic mass is 10.0. The number of aromatic nitrogens is 1. The second kappa shape index (κ2) is 7.50. The third kappa shape index (κ3) is 3.61. The lowest BCUT2D eigenvalue weighted by molar-refractivity contribution is 0.0601. The van der Waals surface area contributed by atoms with Gasteiger partial charge in [0.25, 0.3) is 0 Å². The van der Waals surface area contributed by atoms with Gasteiger partial charge in [-0.1, -0.05) is 37.1 Å². The topological polar surface area (TPSA) is 39.2 Å². The minimum absolute atomic E-state index is 0.311. The molecule has 0 N–H and O–H groups in total. The highest BCUT2D eigenvalue weighted by atomic mass is 32.2. The molecule has 3 aromatic rings. The maximum atomic E-state index is 11.7. The number of rotatable bonds is 4. The maximum Gasteiger partial charge on any atom is 0.337 e. The van der Waals surface area contributed by atoms with Crippen LogP contribution < -0.4 is 0 Å². The van der Waals surface area contributed by atoms with Gasteiger partial charge in [0.05, 0.1) is 23.4 Å². The van der Waals surface area contributed by atoms with Crippen LogP contribution in [-0.4, -0.2) is 23.3 Å². The molecule has 26 heavy (non-hydrogen) atoms. The summed E-state index contributed by atoms with van der Waals surface area (Å²) < 4.78 is 4.79. The highest BCUT2D eigenvalue weighted by Gasteiger charge is 2.17. The Labute approximate surface area is 157 Å². The van der Waals surface area contributed by atoms with Crippen LogP contribution in [0.4, 0.5) is 0 Å². The summed E-state index contributed by atoms with van der Waals surface area (Å²) in [5.41, 5.74) is 2.66. The molecular weight excluding hydrogens is 342 g/mol. The molecule has 132 valence electrons. The molecule has 4 rings (SSSR count). The van der Waals surface area contributed by atoms with Gasteiger partial charge in [-0.25, -0.2) is 9.78 Å². The molecule has 1 heterocycles. The summed E-state index contributed by atoms with van der Waals surface area (Å²) in [6, 6.07) is 18.1. The van der Waals surface area contributed by atoms with Crippen molar-refractivity contribution >= 4 is 28.5 Å². The molecule has 0 aliphatic heterocycles. The van der Waals surface area contributed by atoms with Crippen LogP contribution in [0.15, 0.2) is 59.6 Å². The van der Waals surface area contributed by atoms with Crippen LogP contribution in [0.2, 0.25) is 0 Å². The van der Waals surface area contributed by atoms with Crippen molar-refractivity contribution in [2.75, 3.05) is 7.11 Å². The van der Waals surface area contributed by atoms with Crippen LogP contribution in [0.5, 0.6) is 0 Å². The zero-order chi connectivity index (χ0) is 17.9. The molecule has 1 aromatic heterocycles. The standard InChI is InChI=1S/C22H21NO2S/c1-25-22(24)18-12-10-15-13-17(11-9-16(15)14-18)20-7-4-8-21(23-20)26-19-5-2-3-6-19/h4,7-14,19H,2-3,5-6H2,1H3. The normalized spacial score (nSPS) is 14.7. The van der Waals surface area contributed by atoms with Crippen LogP contribution in [0.1, 0.15) is 36.0 Å². The van der Waals surface area contributed by atoms with Crippen LogP contribution >= 0.6 is 11.8 Å². The quantitative estimate of drug-likeness (QED) is 0.556. The van der Waals surface area contributed by atoms with E-state index in [9.17, 15) is 4.79 Å². The summed E-state index contributed by atoms with van der Waals surface area (Å²) in [4.78, 5) is 16.6. The Kier molecular flexibility index (Phi) is 4.93. The van der Waals surface area contributed by atoms with Crippen LogP contribution in [0.3, 0.4) is 0 Å². The number of benzene rings is 2. The molecule has 0 spiro atoms. The number of methoxy groups -OCH3 is 1. The molecule has 0 radical (unpaired) electrons. The van der Waals surface area contributed by atoms with Gasteiger partial charge in [0, 0.05) is 10.8 Å². The Morgan fingerprint density at radius 3 is 2.62 bits per heavy atom. The number of nitrogens with zero attached hydrogens (tertiary/aromatic N) is 1. The van der Waals surface area contributed by atoms with Crippen molar-refractivity contribution in [2.45, 2.75) is 36.0 Å². The van der Waals surface area contributed by atoms with Crippen LogP contribution in [-0.2, 0) is 4.74 Å². The molecule has 2 aromatic carbocycles. The number of thioether (sulfide) groups is 1. The molecule has 0 bridgehead atoms. The predicted molar refractivity (Wildman–Crippen MR) is 107 cm³/mol. The van der Waals surface area contributed by atoms with Gasteiger partial charge >= 0.3 is 5.97 Å². The van der Waals surface area contributed by atoms with Gasteiger partial charge in [-0.15, -0.1) is 11.8 Å². The highest BCUT2D eigenvalue weighted by molar-refractivity contribution is 7.99. The Hall–Kier alpha value is -2.33. The monoisotopic (exact) mass is 363 g/mol. The Bertz CT molecular complexity index is 948. The van der Waals surface area contributed by atoms with Gasteiger partial charge in [0.2, 0.25) is 0 Å². The number of esters is 1. The third-order valence-corrected chi connectivity index (χ3v) is 6.14. The van der Waals surface area contributed by atoms with Gasteiger partial charge in [-0.2, -0.15) is 0 Å². The van der Waals surface area contributed by atoms with E-state index in [2.05, 4.69) is 30.3 Å². The van der Waals surface area contributed by atoms with E-state index >= 15 is 0 Å². The molecule has 1 aliphatic carbocycles. The van der Waals surface area contributed by atoms with E-state index in [4.69, 9.17) is 9.72 Å². The third-order valence-electron chi connectivity index (χ3n) is 4.87. The lowest BCUT2D eigenvalue weighted by Gasteiger charge is -2.10. The van der Waals surface area contributed by atoms with E-state index in [-0.39, 0.29) is 5.97 Å². The van der Waals surface area contributed by atoms with Crippen LogP contribution in [0, 0.1) is 0 Å². The summed E-state index contributed by atoms with van der Waals surface area (Å²) in [6.45, 7) is 0. The molecule has 0 atom stereocenters. The Morgan fingerprint density at radius 1 is 1.04 bits per heavy atom. The second-order valence-corrected chi connectivity index (χ2v) is 7.97. The molecule has 1 aliphatic rings. The van der Waals surface area contributed by atoms with Gasteiger partial charge in [0.15, 0.2) is 0 Å². The number of carbonyl (C=O) groups excluding carboxylic acids is 1. The van der Waals surface area contributed by atoms with Gasteiger partial charge in [-0.3, -0.25) is 0 Å². The lowest BCUT2D eigenvalue weighted by Crippen LogP contribution is -2.00. The summed E-state index contributed by atoms with van der Waals surface area (Å²) in [6.07, 6.45) is 5.29.